The summed E-state index contributed by atoms with van der Waals surface area (Å²) in [6, 6.07) is 0.868. The normalized spacial score (nSPS) is 23.5. The number of hydrogen-bond donors (Lipinski definition) is 1. The molecular formula is C14H28N2O. The van der Waals surface area contributed by atoms with Crippen molar-refractivity contribution in [2.45, 2.75) is 51.7 Å². The van der Waals surface area contributed by atoms with Gasteiger partial charge in [-0.2, -0.15) is 0 Å². The van der Waals surface area contributed by atoms with Gasteiger partial charge in [-0.1, -0.05) is 0 Å². The Balaban J connectivity index is 1.50. The molecule has 3 nitrogen and oxygen atoms in total. The predicted molar refractivity (Wildman–Crippen MR) is 71.3 cm³/mol. The van der Waals surface area contributed by atoms with Gasteiger partial charge >= 0.3 is 0 Å². The van der Waals surface area contributed by atoms with Crippen LogP contribution in [-0.2, 0) is 4.74 Å². The van der Waals surface area contributed by atoms with Gasteiger partial charge in [0, 0.05) is 12.6 Å². The van der Waals surface area contributed by atoms with Gasteiger partial charge in [-0.25, -0.2) is 0 Å². The van der Waals surface area contributed by atoms with Crippen LogP contribution in [-0.4, -0.2) is 49.8 Å². The van der Waals surface area contributed by atoms with Crippen LogP contribution in [0.2, 0.25) is 0 Å². The number of piperidine rings is 1. The highest BCUT2D eigenvalue weighted by atomic mass is 16.5. The lowest BCUT2D eigenvalue weighted by Crippen LogP contribution is -2.39. The van der Waals surface area contributed by atoms with Crippen LogP contribution in [0, 0.1) is 5.92 Å². The monoisotopic (exact) mass is 240 g/mol. The highest BCUT2D eigenvalue weighted by Crippen LogP contribution is 2.21. The van der Waals surface area contributed by atoms with E-state index < -0.39 is 0 Å². The van der Waals surface area contributed by atoms with Crippen LogP contribution in [0.25, 0.3) is 0 Å². The van der Waals surface area contributed by atoms with E-state index >= 15 is 0 Å². The molecule has 0 radical (unpaired) electrons. The Hall–Kier alpha value is -0.120. The SMILES string of the molecule is CC(C)OCCN1CCC(CNC2CC2)CC1. The molecular weight excluding hydrogens is 212 g/mol. The Morgan fingerprint density at radius 1 is 1.18 bits per heavy atom. The van der Waals surface area contributed by atoms with Crippen molar-refractivity contribution >= 4 is 0 Å². The van der Waals surface area contributed by atoms with Crippen molar-refractivity contribution < 1.29 is 4.74 Å². The predicted octanol–water partition coefficient (Wildman–Crippen LogP) is 1.88. The molecule has 0 bridgehead atoms. The average molecular weight is 240 g/mol. The minimum atomic E-state index is 0.371. The minimum Gasteiger partial charge on any atom is -0.377 e. The Bertz CT molecular complexity index is 208. The smallest absolute Gasteiger partial charge is 0.0596 e. The fourth-order valence-corrected chi connectivity index (χ4v) is 2.45. The lowest BCUT2D eigenvalue weighted by atomic mass is 9.97. The van der Waals surface area contributed by atoms with Crippen molar-refractivity contribution in [3.63, 3.8) is 0 Å². The maximum absolute atomic E-state index is 5.60. The molecule has 0 unspecified atom stereocenters. The Kier molecular flexibility index (Phi) is 5.26. The van der Waals surface area contributed by atoms with Gasteiger partial charge in [0.1, 0.15) is 0 Å². The van der Waals surface area contributed by atoms with Gasteiger partial charge in [0.05, 0.1) is 12.7 Å². The Morgan fingerprint density at radius 3 is 2.47 bits per heavy atom. The summed E-state index contributed by atoms with van der Waals surface area (Å²) in [5.41, 5.74) is 0. The van der Waals surface area contributed by atoms with E-state index in [0.717, 1.165) is 25.1 Å². The first-order valence-corrected chi connectivity index (χ1v) is 7.31. The maximum atomic E-state index is 5.60. The van der Waals surface area contributed by atoms with Crippen molar-refractivity contribution in [1.29, 1.82) is 0 Å². The second-order valence-corrected chi connectivity index (χ2v) is 5.89. The molecule has 1 heterocycles. The first-order valence-electron chi connectivity index (χ1n) is 7.31. The van der Waals surface area contributed by atoms with E-state index in [1.54, 1.807) is 0 Å². The average Bonchev–Trinajstić information content (AvgIpc) is 3.11. The third kappa shape index (κ3) is 5.36. The molecule has 2 fully saturated rings. The fraction of sp³-hybridized carbons (Fsp3) is 1.00. The van der Waals surface area contributed by atoms with Crippen LogP contribution >= 0.6 is 0 Å². The number of rotatable bonds is 7. The highest BCUT2D eigenvalue weighted by molar-refractivity contribution is 4.83. The molecule has 0 atom stereocenters. The zero-order valence-electron chi connectivity index (χ0n) is 11.5. The maximum Gasteiger partial charge on any atom is 0.0596 e. The molecule has 1 aliphatic heterocycles. The first kappa shape index (κ1) is 13.3. The second-order valence-electron chi connectivity index (χ2n) is 5.89. The summed E-state index contributed by atoms with van der Waals surface area (Å²) in [5.74, 6) is 0.915. The van der Waals surface area contributed by atoms with Gasteiger partial charge in [0.15, 0.2) is 0 Å². The zero-order chi connectivity index (χ0) is 12.1. The Morgan fingerprint density at radius 2 is 1.88 bits per heavy atom. The number of nitrogens with one attached hydrogen (secondary N) is 1. The van der Waals surface area contributed by atoms with Crippen LogP contribution in [0.15, 0.2) is 0 Å². The summed E-state index contributed by atoms with van der Waals surface area (Å²) in [4.78, 5) is 2.55. The van der Waals surface area contributed by atoms with Gasteiger partial charge in [0.2, 0.25) is 0 Å². The molecule has 1 aliphatic carbocycles. The molecule has 100 valence electrons. The van der Waals surface area contributed by atoms with Gasteiger partial charge in [-0.05, 0) is 65.1 Å². The van der Waals surface area contributed by atoms with Crippen LogP contribution in [0.5, 0.6) is 0 Å². The zero-order valence-corrected chi connectivity index (χ0v) is 11.5. The first-order chi connectivity index (χ1) is 8.24. The van der Waals surface area contributed by atoms with Crippen molar-refractivity contribution in [2.24, 2.45) is 5.92 Å². The Labute approximate surface area is 106 Å². The van der Waals surface area contributed by atoms with E-state index in [1.807, 2.05) is 0 Å². The number of ether oxygens (including phenoxy) is 1. The van der Waals surface area contributed by atoms with E-state index in [0.29, 0.717) is 6.10 Å². The van der Waals surface area contributed by atoms with E-state index in [1.165, 1.54) is 45.3 Å². The van der Waals surface area contributed by atoms with Crippen LogP contribution < -0.4 is 5.32 Å². The molecule has 2 aliphatic rings. The summed E-state index contributed by atoms with van der Waals surface area (Å²) in [6.45, 7) is 9.99. The lowest BCUT2D eigenvalue weighted by molar-refractivity contribution is 0.0508. The van der Waals surface area contributed by atoms with Gasteiger partial charge in [0.25, 0.3) is 0 Å². The van der Waals surface area contributed by atoms with E-state index in [9.17, 15) is 0 Å². The summed E-state index contributed by atoms with van der Waals surface area (Å²) in [7, 11) is 0. The molecule has 1 saturated carbocycles. The summed E-state index contributed by atoms with van der Waals surface area (Å²) >= 11 is 0. The van der Waals surface area contributed by atoms with E-state index in [4.69, 9.17) is 4.74 Å². The minimum absolute atomic E-state index is 0.371. The molecule has 0 aromatic heterocycles. The van der Waals surface area contributed by atoms with E-state index in [-0.39, 0.29) is 0 Å². The quantitative estimate of drug-likeness (QED) is 0.735. The molecule has 3 heteroatoms. The standard InChI is InChI=1S/C14H28N2O/c1-12(2)17-10-9-16-7-5-13(6-8-16)11-15-14-3-4-14/h12-15H,3-11H2,1-2H3. The molecule has 17 heavy (non-hydrogen) atoms. The van der Waals surface area contributed by atoms with Gasteiger partial charge in [-0.15, -0.1) is 0 Å². The van der Waals surface area contributed by atoms with Crippen LogP contribution in [0.4, 0.5) is 0 Å². The summed E-state index contributed by atoms with van der Waals surface area (Å²) in [6.07, 6.45) is 5.91. The van der Waals surface area contributed by atoms with Crippen molar-refractivity contribution in [3.8, 4) is 0 Å². The van der Waals surface area contributed by atoms with Crippen molar-refractivity contribution in [3.05, 3.63) is 0 Å². The third-order valence-electron chi connectivity index (χ3n) is 3.84. The fourth-order valence-electron chi connectivity index (χ4n) is 2.45. The van der Waals surface area contributed by atoms with Crippen LogP contribution in [0.3, 0.4) is 0 Å². The molecule has 0 amide bonds. The number of nitrogens with zero attached hydrogens (tertiary/aromatic N) is 1. The molecule has 2 rings (SSSR count). The summed E-state index contributed by atoms with van der Waals surface area (Å²) in [5, 5.41) is 3.66. The topological polar surface area (TPSA) is 24.5 Å². The molecule has 1 saturated heterocycles. The highest BCUT2D eigenvalue weighted by Gasteiger charge is 2.24. The number of likely N-dealkylation sites (tertiary alicyclic amines) is 1. The van der Waals surface area contributed by atoms with Gasteiger partial charge in [-0.3, -0.25) is 0 Å². The summed E-state index contributed by atoms with van der Waals surface area (Å²) < 4.78 is 5.60. The van der Waals surface area contributed by atoms with Crippen molar-refractivity contribution in [1.82, 2.24) is 10.2 Å². The van der Waals surface area contributed by atoms with Crippen molar-refractivity contribution in [2.75, 3.05) is 32.8 Å². The van der Waals surface area contributed by atoms with E-state index in [2.05, 4.69) is 24.1 Å². The largest absolute Gasteiger partial charge is 0.377 e. The molecule has 1 N–H and O–H groups in total. The van der Waals surface area contributed by atoms with Gasteiger partial charge < -0.3 is 15.0 Å². The molecule has 0 aromatic rings. The molecule has 0 spiro atoms. The lowest BCUT2D eigenvalue weighted by Gasteiger charge is -2.32. The third-order valence-corrected chi connectivity index (χ3v) is 3.84. The molecule has 0 aromatic carbocycles. The second kappa shape index (κ2) is 6.72. The van der Waals surface area contributed by atoms with Crippen LogP contribution in [0.1, 0.15) is 39.5 Å². The number of hydrogen-bond acceptors (Lipinski definition) is 3.